The topological polar surface area (TPSA) is 74.6 Å². The van der Waals surface area contributed by atoms with Gasteiger partial charge in [-0.1, -0.05) is 18.1 Å². The smallest absolute Gasteiger partial charge is 0.262 e. The van der Waals surface area contributed by atoms with Crippen molar-refractivity contribution < 1.29 is 18.8 Å². The molecule has 0 unspecified atom stereocenters. The molecule has 0 saturated heterocycles. The Morgan fingerprint density at radius 3 is 2.45 bits per heavy atom. The first-order chi connectivity index (χ1) is 10.6. The predicted molar refractivity (Wildman–Crippen MR) is 77.2 cm³/mol. The number of oxime groups is 1. The van der Waals surface area contributed by atoms with Crippen molar-refractivity contribution in [2.24, 2.45) is 5.16 Å². The maximum atomic E-state index is 13.5. The monoisotopic (exact) mass is 305 g/mol. The van der Waals surface area contributed by atoms with Gasteiger partial charge < -0.3 is 10.5 Å². The molecule has 0 radical (unpaired) electrons. The maximum absolute atomic E-state index is 13.5. The number of nitrogens with one attached hydrogen (secondary N) is 1. The molecule has 0 aliphatic heterocycles. The van der Waals surface area contributed by atoms with Gasteiger partial charge in [-0.2, -0.15) is 0 Å². The zero-order valence-electron chi connectivity index (χ0n) is 11.7. The van der Waals surface area contributed by atoms with Crippen LogP contribution in [-0.2, 0) is 0 Å². The number of pyridine rings is 1. The SMILES string of the molecule is CC/C(=N/O)c1ccc(NC(=O)c2c(F)cccc2F)nc1. The van der Waals surface area contributed by atoms with E-state index in [-0.39, 0.29) is 5.82 Å². The highest BCUT2D eigenvalue weighted by molar-refractivity contribution is 6.04. The van der Waals surface area contributed by atoms with Gasteiger partial charge in [-0.15, -0.1) is 0 Å². The van der Waals surface area contributed by atoms with Gasteiger partial charge in [0.25, 0.3) is 5.91 Å². The zero-order chi connectivity index (χ0) is 16.1. The Kier molecular flexibility index (Phi) is 4.77. The van der Waals surface area contributed by atoms with Crippen molar-refractivity contribution in [2.45, 2.75) is 13.3 Å². The van der Waals surface area contributed by atoms with Crippen LogP contribution in [0.2, 0.25) is 0 Å². The average molecular weight is 305 g/mol. The van der Waals surface area contributed by atoms with Crippen LogP contribution >= 0.6 is 0 Å². The van der Waals surface area contributed by atoms with Gasteiger partial charge >= 0.3 is 0 Å². The third-order valence-corrected chi connectivity index (χ3v) is 2.98. The minimum absolute atomic E-state index is 0.129. The van der Waals surface area contributed by atoms with Gasteiger partial charge in [-0.25, -0.2) is 13.8 Å². The van der Waals surface area contributed by atoms with Crippen LogP contribution in [-0.4, -0.2) is 21.8 Å². The number of carbonyl (C=O) groups excluding carboxylic acids is 1. The molecule has 1 amide bonds. The average Bonchev–Trinajstić information content (AvgIpc) is 2.50. The largest absolute Gasteiger partial charge is 0.411 e. The summed E-state index contributed by atoms with van der Waals surface area (Å²) in [6, 6.07) is 6.21. The zero-order valence-corrected chi connectivity index (χ0v) is 11.7. The van der Waals surface area contributed by atoms with Crippen LogP contribution in [0, 0.1) is 11.6 Å². The highest BCUT2D eigenvalue weighted by atomic mass is 19.1. The number of hydrogen-bond donors (Lipinski definition) is 2. The summed E-state index contributed by atoms with van der Waals surface area (Å²) < 4.78 is 27.0. The molecular weight excluding hydrogens is 292 g/mol. The van der Waals surface area contributed by atoms with Crippen molar-refractivity contribution >= 4 is 17.4 Å². The van der Waals surface area contributed by atoms with E-state index < -0.39 is 23.1 Å². The highest BCUT2D eigenvalue weighted by Crippen LogP contribution is 2.15. The number of halogens is 2. The predicted octanol–water partition coefficient (Wildman–Crippen LogP) is 3.20. The van der Waals surface area contributed by atoms with E-state index in [1.807, 2.05) is 6.92 Å². The molecule has 1 heterocycles. The molecule has 2 rings (SSSR count). The normalized spacial score (nSPS) is 11.3. The van der Waals surface area contributed by atoms with Crippen LogP contribution < -0.4 is 5.32 Å². The summed E-state index contributed by atoms with van der Waals surface area (Å²) in [4.78, 5) is 15.8. The second kappa shape index (κ2) is 6.75. The van der Waals surface area contributed by atoms with E-state index >= 15 is 0 Å². The fourth-order valence-electron chi connectivity index (χ4n) is 1.86. The summed E-state index contributed by atoms with van der Waals surface area (Å²) >= 11 is 0. The summed E-state index contributed by atoms with van der Waals surface area (Å²) in [7, 11) is 0. The standard InChI is InChI=1S/C15H13F2N3O2/c1-2-12(20-22)9-6-7-13(18-8-9)19-15(21)14-10(16)4-3-5-11(14)17/h3-8,22H,2H2,1H3,(H,18,19,21)/b20-12-. The Hall–Kier alpha value is -2.83. The first kappa shape index (κ1) is 15.6. The van der Waals surface area contributed by atoms with Gasteiger partial charge in [-0.05, 0) is 30.7 Å². The molecule has 2 aromatic rings. The molecule has 22 heavy (non-hydrogen) atoms. The van der Waals surface area contributed by atoms with Gasteiger partial charge in [0.15, 0.2) is 0 Å². The molecule has 0 aliphatic carbocycles. The second-order valence-electron chi connectivity index (χ2n) is 4.38. The van der Waals surface area contributed by atoms with Gasteiger partial charge in [0.05, 0.1) is 5.71 Å². The Labute approximate surface area is 125 Å². The van der Waals surface area contributed by atoms with Gasteiger partial charge in [0.2, 0.25) is 0 Å². The molecule has 1 aromatic carbocycles. The third-order valence-electron chi connectivity index (χ3n) is 2.98. The summed E-state index contributed by atoms with van der Waals surface area (Å²) in [5.74, 6) is -2.70. The molecule has 7 heteroatoms. The van der Waals surface area contributed by atoms with E-state index in [0.717, 1.165) is 12.1 Å². The minimum Gasteiger partial charge on any atom is -0.411 e. The molecule has 2 N–H and O–H groups in total. The van der Waals surface area contributed by atoms with Crippen LogP contribution in [0.25, 0.3) is 0 Å². The van der Waals surface area contributed by atoms with Crippen molar-refractivity contribution in [3.05, 3.63) is 59.3 Å². The lowest BCUT2D eigenvalue weighted by atomic mass is 10.1. The van der Waals surface area contributed by atoms with Gasteiger partial charge in [-0.3, -0.25) is 4.79 Å². The number of hydrogen-bond acceptors (Lipinski definition) is 4. The van der Waals surface area contributed by atoms with Crippen molar-refractivity contribution in [3.8, 4) is 0 Å². The van der Waals surface area contributed by atoms with Crippen molar-refractivity contribution in [3.63, 3.8) is 0 Å². The first-order valence-electron chi connectivity index (χ1n) is 6.49. The number of nitrogens with zero attached hydrogens (tertiary/aromatic N) is 2. The van der Waals surface area contributed by atoms with Gasteiger partial charge in [0.1, 0.15) is 23.0 Å². The lowest BCUT2D eigenvalue weighted by Crippen LogP contribution is -2.16. The number of anilines is 1. The van der Waals surface area contributed by atoms with Crippen molar-refractivity contribution in [1.29, 1.82) is 0 Å². The summed E-state index contributed by atoms with van der Waals surface area (Å²) in [6.45, 7) is 1.81. The third kappa shape index (κ3) is 3.25. The molecule has 0 fully saturated rings. The molecule has 0 atom stereocenters. The van der Waals surface area contributed by atoms with E-state index in [0.29, 0.717) is 17.7 Å². The van der Waals surface area contributed by atoms with E-state index in [1.165, 1.54) is 18.3 Å². The Balaban J connectivity index is 2.19. The maximum Gasteiger partial charge on any atom is 0.262 e. The van der Waals surface area contributed by atoms with E-state index in [9.17, 15) is 13.6 Å². The molecule has 0 aliphatic rings. The lowest BCUT2D eigenvalue weighted by Gasteiger charge is -2.07. The number of amides is 1. The number of carbonyl (C=O) groups is 1. The van der Waals surface area contributed by atoms with Crippen molar-refractivity contribution in [2.75, 3.05) is 5.32 Å². The highest BCUT2D eigenvalue weighted by Gasteiger charge is 2.17. The second-order valence-corrected chi connectivity index (χ2v) is 4.38. The fraction of sp³-hybridized carbons (Fsp3) is 0.133. The summed E-state index contributed by atoms with van der Waals surface area (Å²) in [5, 5.41) is 14.2. The Morgan fingerprint density at radius 1 is 1.27 bits per heavy atom. The number of rotatable bonds is 4. The minimum atomic E-state index is -0.949. The van der Waals surface area contributed by atoms with Crippen LogP contribution in [0.4, 0.5) is 14.6 Å². The summed E-state index contributed by atoms with van der Waals surface area (Å²) in [5.41, 5.74) is 0.352. The lowest BCUT2D eigenvalue weighted by molar-refractivity contribution is 0.101. The van der Waals surface area contributed by atoms with Crippen LogP contribution in [0.15, 0.2) is 41.7 Å². The van der Waals surface area contributed by atoms with Crippen LogP contribution in [0.3, 0.4) is 0 Å². The number of benzene rings is 1. The summed E-state index contributed by atoms with van der Waals surface area (Å²) in [6.07, 6.45) is 1.90. The molecule has 1 aromatic heterocycles. The first-order valence-corrected chi connectivity index (χ1v) is 6.49. The fourth-order valence-corrected chi connectivity index (χ4v) is 1.86. The molecule has 114 valence electrons. The molecule has 5 nitrogen and oxygen atoms in total. The molecule has 0 spiro atoms. The van der Waals surface area contributed by atoms with E-state index in [1.54, 1.807) is 6.07 Å². The van der Waals surface area contributed by atoms with Crippen LogP contribution in [0.1, 0.15) is 29.3 Å². The van der Waals surface area contributed by atoms with Crippen molar-refractivity contribution in [1.82, 2.24) is 4.98 Å². The van der Waals surface area contributed by atoms with Crippen LogP contribution in [0.5, 0.6) is 0 Å². The van der Waals surface area contributed by atoms with E-state index in [4.69, 9.17) is 5.21 Å². The number of aromatic nitrogens is 1. The molecule has 0 bridgehead atoms. The quantitative estimate of drug-likeness (QED) is 0.517. The van der Waals surface area contributed by atoms with Gasteiger partial charge in [0, 0.05) is 11.8 Å². The molecule has 0 saturated carbocycles. The van der Waals surface area contributed by atoms with E-state index in [2.05, 4.69) is 15.5 Å². The molecular formula is C15H13F2N3O2. The Bertz CT molecular complexity index is 695. The Morgan fingerprint density at radius 2 is 1.95 bits per heavy atom.